The van der Waals surface area contributed by atoms with E-state index in [9.17, 15) is 10.3 Å². The third-order valence-corrected chi connectivity index (χ3v) is 4.79. The quantitative estimate of drug-likeness (QED) is 0.198. The molecular weight excluding hydrogens is 374 g/mol. The highest BCUT2D eigenvalue weighted by atomic mass is 35.5. The third kappa shape index (κ3) is 3.12. The minimum absolute atomic E-state index is 0.0505. The number of rotatable bonds is 3. The van der Waals surface area contributed by atoms with Crippen molar-refractivity contribution < 1.29 is 10.3 Å². The number of aromatic hydroxyl groups is 1. The average Bonchev–Trinajstić information content (AvgIpc) is 2.73. The van der Waals surface area contributed by atoms with Crippen molar-refractivity contribution in [3.8, 4) is 28.0 Å². The van der Waals surface area contributed by atoms with Crippen molar-refractivity contribution >= 4 is 28.3 Å². The molecule has 0 atom stereocenters. The zero-order valence-electron chi connectivity index (χ0n) is 14.7. The number of phenols is 1. The highest BCUT2D eigenvalue weighted by molar-refractivity contribution is 6.32. The van der Waals surface area contributed by atoms with Gasteiger partial charge in [-0.05, 0) is 41.5 Å². The van der Waals surface area contributed by atoms with Crippen LogP contribution in [-0.2, 0) is 0 Å². The number of pyridine rings is 1. The average molecular weight is 390 g/mol. The lowest BCUT2D eigenvalue weighted by Crippen LogP contribution is -2.15. The maximum Gasteiger partial charge on any atom is 0.170 e. The number of nitrogens with two attached hydrogens (primary N) is 1. The van der Waals surface area contributed by atoms with E-state index in [2.05, 4.69) is 10.1 Å². The summed E-state index contributed by atoms with van der Waals surface area (Å²) in [7, 11) is 0. The van der Waals surface area contributed by atoms with E-state index in [0.717, 1.165) is 33.2 Å². The second-order valence-electron chi connectivity index (χ2n) is 6.29. The standard InChI is InChI=1S/C22H16ClN3O2/c23-15-11-18(13-6-8-16(27)9-7-13)20(19(12-15)22(24)26-28)17-5-1-3-14-4-2-10-25-21(14)17/h1-12,27-28H,(H2,24,26). The molecule has 138 valence electrons. The number of hydrogen-bond acceptors (Lipinski definition) is 4. The highest BCUT2D eigenvalue weighted by Gasteiger charge is 2.19. The Bertz CT molecular complexity index is 1200. The predicted molar refractivity (Wildman–Crippen MR) is 112 cm³/mol. The van der Waals surface area contributed by atoms with Crippen LogP contribution in [0.2, 0.25) is 5.02 Å². The summed E-state index contributed by atoms with van der Waals surface area (Å²) in [5.41, 5.74) is 10.5. The van der Waals surface area contributed by atoms with E-state index in [4.69, 9.17) is 17.3 Å². The van der Waals surface area contributed by atoms with E-state index in [1.54, 1.807) is 36.5 Å². The Hall–Kier alpha value is -3.57. The molecule has 0 bridgehead atoms. The van der Waals surface area contributed by atoms with Crippen LogP contribution in [0.1, 0.15) is 5.56 Å². The van der Waals surface area contributed by atoms with E-state index in [-0.39, 0.29) is 11.6 Å². The molecule has 4 N–H and O–H groups in total. The summed E-state index contributed by atoms with van der Waals surface area (Å²) in [4.78, 5) is 4.54. The van der Waals surface area contributed by atoms with Gasteiger partial charge >= 0.3 is 0 Å². The van der Waals surface area contributed by atoms with Crippen molar-refractivity contribution in [1.82, 2.24) is 4.98 Å². The molecule has 5 nitrogen and oxygen atoms in total. The molecule has 1 aromatic heterocycles. The fraction of sp³-hybridized carbons (Fsp3) is 0. The Balaban J connectivity index is 2.13. The number of para-hydroxylation sites is 1. The number of nitrogens with zero attached hydrogens (tertiary/aromatic N) is 2. The van der Waals surface area contributed by atoms with E-state index < -0.39 is 0 Å². The predicted octanol–water partition coefficient (Wildman–Crippen LogP) is 5.02. The maximum absolute atomic E-state index is 9.66. The minimum Gasteiger partial charge on any atom is -0.508 e. The van der Waals surface area contributed by atoms with Crippen molar-refractivity contribution in [3.05, 3.63) is 83.5 Å². The van der Waals surface area contributed by atoms with Crippen molar-refractivity contribution in [2.45, 2.75) is 0 Å². The molecule has 0 saturated heterocycles. The van der Waals surface area contributed by atoms with Gasteiger partial charge in [-0.2, -0.15) is 0 Å². The molecule has 0 aliphatic rings. The number of benzene rings is 3. The van der Waals surface area contributed by atoms with Gasteiger partial charge < -0.3 is 16.0 Å². The van der Waals surface area contributed by atoms with Gasteiger partial charge in [-0.3, -0.25) is 4.98 Å². The molecule has 6 heteroatoms. The molecular formula is C22H16ClN3O2. The van der Waals surface area contributed by atoms with Gasteiger partial charge in [0.1, 0.15) is 5.75 Å². The molecule has 28 heavy (non-hydrogen) atoms. The van der Waals surface area contributed by atoms with Gasteiger partial charge in [0.05, 0.1) is 5.52 Å². The van der Waals surface area contributed by atoms with Crippen molar-refractivity contribution in [2.75, 3.05) is 0 Å². The Morgan fingerprint density at radius 3 is 2.46 bits per heavy atom. The van der Waals surface area contributed by atoms with Crippen LogP contribution in [0.25, 0.3) is 33.2 Å². The second-order valence-corrected chi connectivity index (χ2v) is 6.73. The summed E-state index contributed by atoms with van der Waals surface area (Å²) in [5, 5.41) is 23.6. The smallest absolute Gasteiger partial charge is 0.170 e. The summed E-state index contributed by atoms with van der Waals surface area (Å²) in [5.74, 6) is 0.112. The van der Waals surface area contributed by atoms with E-state index in [0.29, 0.717) is 10.6 Å². The first-order chi connectivity index (χ1) is 13.6. The SMILES string of the molecule is NC(=NO)c1cc(Cl)cc(-c2ccc(O)cc2)c1-c1cccc2cccnc12. The van der Waals surface area contributed by atoms with Gasteiger partial charge in [0, 0.05) is 33.3 Å². The number of halogens is 1. The first-order valence-electron chi connectivity index (χ1n) is 8.53. The fourth-order valence-electron chi connectivity index (χ4n) is 3.33. The molecule has 0 saturated carbocycles. The van der Waals surface area contributed by atoms with Gasteiger partial charge in [-0.15, -0.1) is 0 Å². The molecule has 0 radical (unpaired) electrons. The molecule has 0 fully saturated rings. The molecule has 0 aliphatic carbocycles. The Kier molecular flexibility index (Phi) is 4.59. The number of oxime groups is 1. The Morgan fingerprint density at radius 2 is 1.71 bits per heavy atom. The molecule has 0 unspecified atom stereocenters. The van der Waals surface area contributed by atoms with Crippen LogP contribution >= 0.6 is 11.6 Å². The first kappa shape index (κ1) is 17.8. The second kappa shape index (κ2) is 7.21. The summed E-state index contributed by atoms with van der Waals surface area (Å²) in [6.07, 6.45) is 1.73. The number of phenolic OH excluding ortho intramolecular Hbond substituents is 1. The first-order valence-corrected chi connectivity index (χ1v) is 8.91. The van der Waals surface area contributed by atoms with Gasteiger partial charge in [0.15, 0.2) is 5.84 Å². The molecule has 0 spiro atoms. The molecule has 3 aromatic carbocycles. The topological polar surface area (TPSA) is 91.7 Å². The summed E-state index contributed by atoms with van der Waals surface area (Å²) < 4.78 is 0. The highest BCUT2D eigenvalue weighted by Crippen LogP contribution is 2.40. The van der Waals surface area contributed by atoms with Gasteiger partial charge in [-0.25, -0.2) is 0 Å². The van der Waals surface area contributed by atoms with Crippen molar-refractivity contribution in [2.24, 2.45) is 10.9 Å². The lowest BCUT2D eigenvalue weighted by molar-refractivity contribution is 0.318. The lowest BCUT2D eigenvalue weighted by atomic mass is 9.89. The summed E-state index contributed by atoms with van der Waals surface area (Å²) >= 11 is 6.35. The lowest BCUT2D eigenvalue weighted by Gasteiger charge is -2.17. The number of hydrogen-bond donors (Lipinski definition) is 3. The van der Waals surface area contributed by atoms with Gasteiger partial charge in [0.25, 0.3) is 0 Å². The normalized spacial score (nSPS) is 11.7. The van der Waals surface area contributed by atoms with Crippen LogP contribution in [0.3, 0.4) is 0 Å². The molecule has 0 amide bonds. The molecule has 0 aliphatic heterocycles. The minimum atomic E-state index is -0.0505. The van der Waals surface area contributed by atoms with E-state index in [1.807, 2.05) is 36.4 Å². The van der Waals surface area contributed by atoms with Crippen LogP contribution in [-0.4, -0.2) is 21.1 Å². The zero-order valence-corrected chi connectivity index (χ0v) is 15.4. The van der Waals surface area contributed by atoms with Gasteiger partial charge in [-0.1, -0.05) is 53.2 Å². The van der Waals surface area contributed by atoms with Crippen LogP contribution in [0.5, 0.6) is 5.75 Å². The Morgan fingerprint density at radius 1 is 0.964 bits per heavy atom. The van der Waals surface area contributed by atoms with E-state index >= 15 is 0 Å². The molecule has 1 heterocycles. The Labute approximate surface area is 166 Å². The summed E-state index contributed by atoms with van der Waals surface area (Å²) in [6.45, 7) is 0. The van der Waals surface area contributed by atoms with Crippen LogP contribution in [0.15, 0.2) is 78.1 Å². The van der Waals surface area contributed by atoms with E-state index in [1.165, 1.54) is 0 Å². The number of aromatic nitrogens is 1. The third-order valence-electron chi connectivity index (χ3n) is 4.57. The fourth-order valence-corrected chi connectivity index (χ4v) is 3.55. The maximum atomic E-state index is 9.66. The zero-order chi connectivity index (χ0) is 19.7. The number of fused-ring (bicyclic) bond motifs is 1. The molecule has 4 aromatic rings. The largest absolute Gasteiger partial charge is 0.508 e. The molecule has 4 rings (SSSR count). The van der Waals surface area contributed by atoms with Crippen LogP contribution in [0, 0.1) is 0 Å². The monoisotopic (exact) mass is 389 g/mol. The van der Waals surface area contributed by atoms with Crippen LogP contribution < -0.4 is 5.73 Å². The van der Waals surface area contributed by atoms with Gasteiger partial charge in [0.2, 0.25) is 0 Å². The van der Waals surface area contributed by atoms with Crippen LogP contribution in [0.4, 0.5) is 0 Å². The van der Waals surface area contributed by atoms with Crippen molar-refractivity contribution in [3.63, 3.8) is 0 Å². The number of amidine groups is 1. The van der Waals surface area contributed by atoms with Crippen molar-refractivity contribution in [1.29, 1.82) is 0 Å². The summed E-state index contributed by atoms with van der Waals surface area (Å²) in [6, 6.07) is 20.0.